The van der Waals surface area contributed by atoms with Gasteiger partial charge in [0.05, 0.1) is 11.9 Å². The number of anilines is 2. The first-order valence-electron chi connectivity index (χ1n) is 5.65. The van der Waals surface area contributed by atoms with Crippen molar-refractivity contribution < 1.29 is 0 Å². The highest BCUT2D eigenvalue weighted by molar-refractivity contribution is 5.48. The Hall–Kier alpha value is -1.25. The number of nitrogens with zero attached hydrogens (tertiary/aromatic N) is 2. The maximum absolute atomic E-state index is 4.38. The van der Waals surface area contributed by atoms with E-state index in [-0.39, 0.29) is 0 Å². The minimum Gasteiger partial charge on any atom is -0.381 e. The summed E-state index contributed by atoms with van der Waals surface area (Å²) < 4.78 is 0. The van der Waals surface area contributed by atoms with Gasteiger partial charge in [-0.1, -0.05) is 12.8 Å². The molecule has 1 saturated carbocycles. The zero-order valence-corrected chi connectivity index (χ0v) is 9.53. The molecule has 1 heterocycles. The van der Waals surface area contributed by atoms with E-state index in [1.165, 1.54) is 25.7 Å². The molecule has 15 heavy (non-hydrogen) atoms. The molecule has 1 fully saturated rings. The van der Waals surface area contributed by atoms with E-state index in [0.717, 1.165) is 11.5 Å². The first-order valence-corrected chi connectivity index (χ1v) is 5.65. The number of aromatic nitrogens is 1. The van der Waals surface area contributed by atoms with Gasteiger partial charge < -0.3 is 10.2 Å². The van der Waals surface area contributed by atoms with E-state index < -0.39 is 0 Å². The highest BCUT2D eigenvalue weighted by atomic mass is 15.1. The Morgan fingerprint density at radius 2 is 2.00 bits per heavy atom. The molecule has 0 aliphatic heterocycles. The van der Waals surface area contributed by atoms with Crippen molar-refractivity contribution in [2.24, 2.45) is 0 Å². The van der Waals surface area contributed by atoms with Gasteiger partial charge in [0.25, 0.3) is 0 Å². The zero-order valence-electron chi connectivity index (χ0n) is 9.53. The summed E-state index contributed by atoms with van der Waals surface area (Å²) in [6, 6.07) is 4.83. The first kappa shape index (κ1) is 10.3. The van der Waals surface area contributed by atoms with E-state index in [1.807, 2.05) is 25.2 Å². The van der Waals surface area contributed by atoms with E-state index in [2.05, 4.69) is 22.4 Å². The van der Waals surface area contributed by atoms with Crippen molar-refractivity contribution in [3.05, 3.63) is 18.3 Å². The Morgan fingerprint density at radius 1 is 1.27 bits per heavy atom. The van der Waals surface area contributed by atoms with Gasteiger partial charge >= 0.3 is 0 Å². The monoisotopic (exact) mass is 205 g/mol. The van der Waals surface area contributed by atoms with Crippen LogP contribution < -0.4 is 10.2 Å². The van der Waals surface area contributed by atoms with E-state index in [0.29, 0.717) is 6.04 Å². The topological polar surface area (TPSA) is 28.2 Å². The maximum atomic E-state index is 4.38. The number of nitrogens with one attached hydrogen (secondary N) is 1. The predicted molar refractivity (Wildman–Crippen MR) is 64.4 cm³/mol. The van der Waals surface area contributed by atoms with E-state index >= 15 is 0 Å². The lowest BCUT2D eigenvalue weighted by atomic mass is 10.2. The molecule has 1 aromatic heterocycles. The molecule has 0 radical (unpaired) electrons. The van der Waals surface area contributed by atoms with Crippen LogP contribution in [0.3, 0.4) is 0 Å². The third kappa shape index (κ3) is 2.61. The van der Waals surface area contributed by atoms with Gasteiger partial charge in [0.15, 0.2) is 0 Å². The molecule has 0 bridgehead atoms. The van der Waals surface area contributed by atoms with Crippen LogP contribution in [0.25, 0.3) is 0 Å². The third-order valence-electron chi connectivity index (χ3n) is 2.93. The van der Waals surface area contributed by atoms with Crippen LogP contribution in [-0.4, -0.2) is 25.1 Å². The van der Waals surface area contributed by atoms with Crippen molar-refractivity contribution in [3.63, 3.8) is 0 Å². The Morgan fingerprint density at radius 3 is 2.53 bits per heavy atom. The van der Waals surface area contributed by atoms with Gasteiger partial charge in [0.2, 0.25) is 0 Å². The SMILES string of the molecule is CN(C)c1ccc(NC2CCCC2)cn1. The molecule has 2 rings (SSSR count). The molecule has 0 amide bonds. The fourth-order valence-electron chi connectivity index (χ4n) is 2.04. The molecule has 0 atom stereocenters. The minimum absolute atomic E-state index is 0.664. The van der Waals surface area contributed by atoms with Crippen LogP contribution in [0.5, 0.6) is 0 Å². The van der Waals surface area contributed by atoms with Gasteiger partial charge in [-0.25, -0.2) is 4.98 Å². The van der Waals surface area contributed by atoms with Crippen molar-refractivity contribution >= 4 is 11.5 Å². The van der Waals surface area contributed by atoms with Crippen LogP contribution in [0.4, 0.5) is 11.5 Å². The number of pyridine rings is 1. The Kier molecular flexibility index (Phi) is 3.09. The second-order valence-corrected chi connectivity index (χ2v) is 4.43. The van der Waals surface area contributed by atoms with Gasteiger partial charge in [0, 0.05) is 20.1 Å². The molecule has 0 unspecified atom stereocenters. The van der Waals surface area contributed by atoms with Crippen LogP contribution in [0.2, 0.25) is 0 Å². The largest absolute Gasteiger partial charge is 0.381 e. The quantitative estimate of drug-likeness (QED) is 0.821. The second-order valence-electron chi connectivity index (χ2n) is 4.43. The van der Waals surface area contributed by atoms with Gasteiger partial charge in [-0.05, 0) is 25.0 Å². The summed E-state index contributed by atoms with van der Waals surface area (Å²) in [5.74, 6) is 1.01. The number of rotatable bonds is 3. The highest BCUT2D eigenvalue weighted by Crippen LogP contribution is 2.22. The molecule has 1 aromatic rings. The molecule has 1 aliphatic carbocycles. The molecule has 1 aliphatic rings. The molecule has 82 valence electrons. The lowest BCUT2D eigenvalue weighted by Crippen LogP contribution is -2.15. The Labute approximate surface area is 91.5 Å². The van der Waals surface area contributed by atoms with Crippen molar-refractivity contribution in [1.82, 2.24) is 4.98 Å². The second kappa shape index (κ2) is 4.51. The van der Waals surface area contributed by atoms with Crippen LogP contribution >= 0.6 is 0 Å². The highest BCUT2D eigenvalue weighted by Gasteiger charge is 2.14. The Balaban J connectivity index is 1.97. The molecule has 1 N–H and O–H groups in total. The summed E-state index contributed by atoms with van der Waals surface area (Å²) in [6.45, 7) is 0. The minimum atomic E-state index is 0.664. The fourth-order valence-corrected chi connectivity index (χ4v) is 2.04. The summed E-state index contributed by atoms with van der Waals surface area (Å²) in [7, 11) is 4.01. The number of hydrogen-bond acceptors (Lipinski definition) is 3. The Bertz CT molecular complexity index is 299. The van der Waals surface area contributed by atoms with Gasteiger partial charge in [0.1, 0.15) is 5.82 Å². The van der Waals surface area contributed by atoms with Gasteiger partial charge in [-0.2, -0.15) is 0 Å². The summed E-state index contributed by atoms with van der Waals surface area (Å²) in [6.07, 6.45) is 7.25. The molecule has 3 nitrogen and oxygen atoms in total. The average molecular weight is 205 g/mol. The first-order chi connectivity index (χ1) is 7.25. The lowest BCUT2D eigenvalue weighted by molar-refractivity contribution is 0.755. The van der Waals surface area contributed by atoms with Crippen LogP contribution in [0.15, 0.2) is 18.3 Å². The van der Waals surface area contributed by atoms with Crippen LogP contribution in [0, 0.1) is 0 Å². The lowest BCUT2D eigenvalue weighted by Gasteiger charge is -2.15. The predicted octanol–water partition coefficient (Wildman–Crippen LogP) is 2.50. The summed E-state index contributed by atoms with van der Waals surface area (Å²) in [4.78, 5) is 6.40. The van der Waals surface area contributed by atoms with Gasteiger partial charge in [-0.15, -0.1) is 0 Å². The fraction of sp³-hybridized carbons (Fsp3) is 0.583. The van der Waals surface area contributed by atoms with E-state index in [1.54, 1.807) is 0 Å². The molecule has 3 heteroatoms. The smallest absolute Gasteiger partial charge is 0.128 e. The van der Waals surface area contributed by atoms with Gasteiger partial charge in [-0.3, -0.25) is 0 Å². The van der Waals surface area contributed by atoms with Crippen molar-refractivity contribution in [3.8, 4) is 0 Å². The molecule has 0 saturated heterocycles. The molecule has 0 aromatic carbocycles. The number of hydrogen-bond donors (Lipinski definition) is 1. The average Bonchev–Trinajstić information content (AvgIpc) is 2.71. The van der Waals surface area contributed by atoms with Crippen molar-refractivity contribution in [2.45, 2.75) is 31.7 Å². The standard InChI is InChI=1S/C12H19N3/c1-15(2)12-8-7-11(9-13-12)14-10-5-3-4-6-10/h7-10,14H,3-6H2,1-2H3. The molecular formula is C12H19N3. The maximum Gasteiger partial charge on any atom is 0.128 e. The third-order valence-corrected chi connectivity index (χ3v) is 2.93. The summed E-state index contributed by atoms with van der Waals surface area (Å²) in [5.41, 5.74) is 1.15. The molecule has 0 spiro atoms. The summed E-state index contributed by atoms with van der Waals surface area (Å²) >= 11 is 0. The van der Waals surface area contributed by atoms with Crippen molar-refractivity contribution in [2.75, 3.05) is 24.3 Å². The van der Waals surface area contributed by atoms with Crippen LogP contribution in [-0.2, 0) is 0 Å². The summed E-state index contributed by atoms with van der Waals surface area (Å²) in [5, 5.41) is 3.53. The van der Waals surface area contributed by atoms with Crippen LogP contribution in [0.1, 0.15) is 25.7 Å². The normalized spacial score (nSPS) is 16.7. The van der Waals surface area contributed by atoms with E-state index in [9.17, 15) is 0 Å². The zero-order chi connectivity index (χ0) is 10.7. The van der Waals surface area contributed by atoms with Crippen molar-refractivity contribution in [1.29, 1.82) is 0 Å². The molecular weight excluding hydrogens is 186 g/mol. The van der Waals surface area contributed by atoms with E-state index in [4.69, 9.17) is 0 Å².